The van der Waals surface area contributed by atoms with Crippen LogP contribution in [0.5, 0.6) is 0 Å². The Bertz CT molecular complexity index is 841. The molecular formula is C13H9NO4. The lowest BCUT2D eigenvalue weighted by atomic mass is 10.1. The lowest BCUT2D eigenvalue weighted by Crippen LogP contribution is -2.07. The van der Waals surface area contributed by atoms with E-state index >= 15 is 0 Å². The van der Waals surface area contributed by atoms with E-state index in [9.17, 15) is 14.7 Å². The van der Waals surface area contributed by atoms with Crippen molar-refractivity contribution in [3.63, 3.8) is 0 Å². The first-order valence-corrected chi connectivity index (χ1v) is 5.33. The Morgan fingerprint density at radius 2 is 2.06 bits per heavy atom. The summed E-state index contributed by atoms with van der Waals surface area (Å²) < 4.78 is 6.44. The number of aromatic nitrogens is 1. The lowest BCUT2D eigenvalue weighted by Gasteiger charge is -1.97. The molecule has 0 radical (unpaired) electrons. The summed E-state index contributed by atoms with van der Waals surface area (Å²) >= 11 is 0. The van der Waals surface area contributed by atoms with Gasteiger partial charge >= 0.3 is 11.6 Å². The second-order valence-corrected chi connectivity index (χ2v) is 4.04. The molecule has 0 spiro atoms. The fourth-order valence-corrected chi connectivity index (χ4v) is 2.29. The van der Waals surface area contributed by atoms with Crippen molar-refractivity contribution in [2.24, 2.45) is 7.05 Å². The standard InChI is InChI=1S/C13H9NO4/c1-14-9-5-3-2-4-7(9)10-8(12(15)16)6-18-13(17)11(10)14/h2-6H,1H3,(H,15,16). The Labute approximate surface area is 101 Å². The quantitative estimate of drug-likeness (QED) is 0.709. The van der Waals surface area contributed by atoms with Gasteiger partial charge in [-0.3, -0.25) is 0 Å². The minimum atomic E-state index is -1.11. The molecule has 3 aromatic rings. The van der Waals surface area contributed by atoms with Crippen molar-refractivity contribution in [3.05, 3.63) is 46.5 Å². The molecule has 1 aromatic carbocycles. The number of rotatable bonds is 1. The van der Waals surface area contributed by atoms with Gasteiger partial charge in [0.05, 0.1) is 0 Å². The second kappa shape index (κ2) is 3.46. The summed E-state index contributed by atoms with van der Waals surface area (Å²) in [6.45, 7) is 0. The maximum atomic E-state index is 11.8. The smallest absolute Gasteiger partial charge is 0.360 e. The number of aromatic carboxylic acids is 1. The number of aryl methyl sites for hydroxylation is 1. The van der Waals surface area contributed by atoms with Crippen LogP contribution in [0.25, 0.3) is 21.8 Å². The summed E-state index contributed by atoms with van der Waals surface area (Å²) in [5, 5.41) is 10.3. The van der Waals surface area contributed by atoms with E-state index in [1.165, 1.54) is 0 Å². The molecule has 2 heterocycles. The molecule has 0 unspecified atom stereocenters. The van der Waals surface area contributed by atoms with Crippen molar-refractivity contribution in [2.75, 3.05) is 0 Å². The highest BCUT2D eigenvalue weighted by Crippen LogP contribution is 2.28. The van der Waals surface area contributed by atoms with Crippen LogP contribution < -0.4 is 5.63 Å². The van der Waals surface area contributed by atoms with Crippen LogP contribution in [-0.2, 0) is 7.05 Å². The van der Waals surface area contributed by atoms with Gasteiger partial charge in [-0.05, 0) is 6.07 Å². The Kier molecular flexibility index (Phi) is 2.04. The number of nitrogens with zero attached hydrogens (tertiary/aromatic N) is 1. The lowest BCUT2D eigenvalue weighted by molar-refractivity contribution is 0.0696. The van der Waals surface area contributed by atoms with Gasteiger partial charge in [-0.15, -0.1) is 0 Å². The number of fused-ring (bicyclic) bond motifs is 3. The summed E-state index contributed by atoms with van der Waals surface area (Å²) in [7, 11) is 1.72. The molecule has 5 nitrogen and oxygen atoms in total. The predicted molar refractivity (Wildman–Crippen MR) is 65.9 cm³/mol. The average molecular weight is 243 g/mol. The third-order valence-corrected chi connectivity index (χ3v) is 3.08. The third-order valence-electron chi connectivity index (χ3n) is 3.08. The zero-order chi connectivity index (χ0) is 12.9. The molecule has 5 heteroatoms. The van der Waals surface area contributed by atoms with Crippen LogP contribution in [0.3, 0.4) is 0 Å². The van der Waals surface area contributed by atoms with E-state index in [0.717, 1.165) is 17.2 Å². The molecule has 0 amide bonds. The summed E-state index contributed by atoms with van der Waals surface area (Å²) in [5.74, 6) is -1.11. The van der Waals surface area contributed by atoms with Crippen molar-refractivity contribution in [1.29, 1.82) is 0 Å². The molecule has 0 atom stereocenters. The molecular weight excluding hydrogens is 234 g/mol. The van der Waals surface area contributed by atoms with Gasteiger partial charge in [-0.25, -0.2) is 9.59 Å². The first-order valence-electron chi connectivity index (χ1n) is 5.33. The van der Waals surface area contributed by atoms with E-state index < -0.39 is 11.6 Å². The van der Waals surface area contributed by atoms with E-state index in [0.29, 0.717) is 5.39 Å². The summed E-state index contributed by atoms with van der Waals surface area (Å²) in [6, 6.07) is 7.27. The highest BCUT2D eigenvalue weighted by atomic mass is 16.4. The van der Waals surface area contributed by atoms with Crippen molar-refractivity contribution in [3.8, 4) is 0 Å². The Hall–Kier alpha value is -2.56. The van der Waals surface area contributed by atoms with Crippen molar-refractivity contribution < 1.29 is 14.3 Å². The number of carbonyl (C=O) groups is 1. The first-order chi connectivity index (χ1) is 8.61. The second-order valence-electron chi connectivity index (χ2n) is 4.04. The molecule has 0 saturated carbocycles. The summed E-state index contributed by atoms with van der Waals surface area (Å²) in [6.07, 6.45) is 0.999. The minimum Gasteiger partial charge on any atom is -0.478 e. The molecule has 0 fully saturated rings. The minimum absolute atomic E-state index is 0.00130. The molecule has 2 aromatic heterocycles. The normalized spacial score (nSPS) is 11.2. The zero-order valence-electron chi connectivity index (χ0n) is 9.51. The van der Waals surface area contributed by atoms with E-state index in [1.807, 2.05) is 18.2 Å². The number of benzene rings is 1. The average Bonchev–Trinajstić information content (AvgIpc) is 2.65. The number of carboxylic acid groups (broad SMARTS) is 1. The molecule has 0 bridgehead atoms. The van der Waals surface area contributed by atoms with Crippen molar-refractivity contribution in [1.82, 2.24) is 4.57 Å². The largest absolute Gasteiger partial charge is 0.478 e. The number of hydrogen-bond donors (Lipinski definition) is 1. The highest BCUT2D eigenvalue weighted by Gasteiger charge is 2.19. The van der Waals surface area contributed by atoms with E-state index in [4.69, 9.17) is 4.42 Å². The van der Waals surface area contributed by atoms with E-state index in [-0.39, 0.29) is 11.1 Å². The maximum Gasteiger partial charge on any atom is 0.360 e. The molecule has 3 rings (SSSR count). The molecule has 1 N–H and O–H groups in total. The van der Waals surface area contributed by atoms with Crippen molar-refractivity contribution >= 4 is 27.8 Å². The SMILES string of the molecule is Cn1c2ccccc2c2c(C(=O)O)coc(=O)c21. The van der Waals surface area contributed by atoms with Crippen LogP contribution in [0.1, 0.15) is 10.4 Å². The number of para-hydroxylation sites is 1. The van der Waals surface area contributed by atoms with Gasteiger partial charge in [0.1, 0.15) is 17.3 Å². The molecule has 0 aliphatic heterocycles. The van der Waals surface area contributed by atoms with Crippen LogP contribution in [0.4, 0.5) is 0 Å². The monoisotopic (exact) mass is 243 g/mol. The Balaban J connectivity index is 2.72. The van der Waals surface area contributed by atoms with Crippen LogP contribution in [0.2, 0.25) is 0 Å². The number of hydrogen-bond acceptors (Lipinski definition) is 3. The zero-order valence-corrected chi connectivity index (χ0v) is 9.51. The predicted octanol–water partition coefficient (Wildman–Crippen LogP) is 1.98. The van der Waals surface area contributed by atoms with Crippen LogP contribution >= 0.6 is 0 Å². The van der Waals surface area contributed by atoms with Gasteiger partial charge in [0.15, 0.2) is 0 Å². The molecule has 90 valence electrons. The van der Waals surface area contributed by atoms with Crippen LogP contribution in [0.15, 0.2) is 39.7 Å². The molecule has 18 heavy (non-hydrogen) atoms. The van der Waals surface area contributed by atoms with Gasteiger partial charge < -0.3 is 14.1 Å². The van der Waals surface area contributed by atoms with Gasteiger partial charge in [0.25, 0.3) is 0 Å². The van der Waals surface area contributed by atoms with Crippen LogP contribution in [-0.4, -0.2) is 15.6 Å². The Morgan fingerprint density at radius 1 is 1.33 bits per heavy atom. The van der Waals surface area contributed by atoms with E-state index in [2.05, 4.69) is 0 Å². The van der Waals surface area contributed by atoms with Gasteiger partial charge in [-0.1, -0.05) is 18.2 Å². The highest BCUT2D eigenvalue weighted by molar-refractivity contribution is 6.15. The summed E-state index contributed by atoms with van der Waals surface area (Å²) in [5.41, 5.74) is 0.541. The Morgan fingerprint density at radius 3 is 2.78 bits per heavy atom. The molecule has 0 aliphatic rings. The molecule has 0 saturated heterocycles. The molecule has 0 aliphatic carbocycles. The fraction of sp³-hybridized carbons (Fsp3) is 0.0769. The van der Waals surface area contributed by atoms with Gasteiger partial charge in [0.2, 0.25) is 0 Å². The van der Waals surface area contributed by atoms with Gasteiger partial charge in [0, 0.05) is 23.3 Å². The van der Waals surface area contributed by atoms with Crippen molar-refractivity contribution in [2.45, 2.75) is 0 Å². The first kappa shape index (κ1) is 10.6. The maximum absolute atomic E-state index is 11.8. The third kappa shape index (κ3) is 1.21. The number of carboxylic acids is 1. The fourth-order valence-electron chi connectivity index (χ4n) is 2.29. The van der Waals surface area contributed by atoms with Gasteiger partial charge in [-0.2, -0.15) is 0 Å². The topological polar surface area (TPSA) is 72.4 Å². The van der Waals surface area contributed by atoms with E-state index in [1.54, 1.807) is 17.7 Å². The van der Waals surface area contributed by atoms with Crippen LogP contribution in [0, 0.1) is 0 Å². The summed E-state index contributed by atoms with van der Waals surface area (Å²) in [4.78, 5) is 23.0.